The summed E-state index contributed by atoms with van der Waals surface area (Å²) in [5, 5.41) is 11.8. The molecule has 0 fully saturated rings. The number of carbonyl (C=O) groups is 1. The van der Waals surface area contributed by atoms with E-state index in [9.17, 15) is 4.79 Å². The van der Waals surface area contributed by atoms with Gasteiger partial charge in [0.25, 0.3) is 5.91 Å². The molecule has 33 heavy (non-hydrogen) atoms. The molecule has 1 unspecified atom stereocenters. The number of carbonyl (C=O) groups excluding carboxylic acids is 1. The Morgan fingerprint density at radius 3 is 2.03 bits per heavy atom. The number of benzene rings is 2. The van der Waals surface area contributed by atoms with Gasteiger partial charge in [-0.05, 0) is 63.6 Å². The Morgan fingerprint density at radius 1 is 0.939 bits per heavy atom. The number of hydrogen-bond donors (Lipinski definition) is 1. The van der Waals surface area contributed by atoms with E-state index in [0.29, 0.717) is 43.5 Å². The van der Waals surface area contributed by atoms with Crippen molar-refractivity contribution in [2.45, 2.75) is 39.4 Å². The predicted molar refractivity (Wildman–Crippen MR) is 133 cm³/mol. The molecule has 1 atom stereocenters. The summed E-state index contributed by atoms with van der Waals surface area (Å²) in [7, 11) is 1.09. The van der Waals surface area contributed by atoms with Gasteiger partial charge in [-0.25, -0.2) is 0 Å². The van der Waals surface area contributed by atoms with Gasteiger partial charge in [-0.2, -0.15) is 10.2 Å². The maximum absolute atomic E-state index is 12.8. The van der Waals surface area contributed by atoms with Gasteiger partial charge >= 0.3 is 8.80 Å². The molecule has 180 valence electrons. The van der Waals surface area contributed by atoms with Gasteiger partial charge in [-0.15, -0.1) is 0 Å². The van der Waals surface area contributed by atoms with Crippen LogP contribution in [-0.2, 0) is 13.3 Å². The highest BCUT2D eigenvalue weighted by molar-refractivity contribution is 6.60. The lowest BCUT2D eigenvalue weighted by molar-refractivity contribution is 0.0694. The Labute approximate surface area is 198 Å². The Morgan fingerprint density at radius 2 is 1.52 bits per heavy atom. The van der Waals surface area contributed by atoms with Gasteiger partial charge in [0.05, 0.1) is 5.69 Å². The molecule has 2 aromatic carbocycles. The van der Waals surface area contributed by atoms with E-state index in [2.05, 4.69) is 15.5 Å². The topological polar surface area (TPSA) is 84.8 Å². The van der Waals surface area contributed by atoms with E-state index in [1.54, 1.807) is 12.1 Å². The highest BCUT2D eigenvalue weighted by atomic mass is 28.4. The number of anilines is 1. The highest BCUT2D eigenvalue weighted by Crippen LogP contribution is 2.22. The summed E-state index contributed by atoms with van der Waals surface area (Å²) in [5.41, 5.74) is 2.35. The van der Waals surface area contributed by atoms with Crippen molar-refractivity contribution in [2.75, 3.05) is 38.8 Å². The van der Waals surface area contributed by atoms with Crippen molar-refractivity contribution in [3.63, 3.8) is 0 Å². The average Bonchev–Trinajstić information content (AvgIpc) is 2.82. The van der Waals surface area contributed by atoms with Crippen LogP contribution in [0, 0.1) is 0 Å². The van der Waals surface area contributed by atoms with Gasteiger partial charge in [0, 0.05) is 51.2 Å². The molecule has 0 spiro atoms. The fraction of sp³-hybridized carbons (Fsp3) is 0.458. The molecule has 1 amide bonds. The van der Waals surface area contributed by atoms with Crippen LogP contribution in [0.4, 0.5) is 11.4 Å². The van der Waals surface area contributed by atoms with Crippen molar-refractivity contribution in [3.8, 4) is 0 Å². The summed E-state index contributed by atoms with van der Waals surface area (Å²) in [4.78, 5) is 14.8. The van der Waals surface area contributed by atoms with Crippen molar-refractivity contribution < 1.29 is 18.1 Å². The SMILES string of the molecule is CCO[Si](CCC(N=Nc1ccc(N(C)C)cc1)NC(=O)c1ccccc1)(OCC)OCC. The summed E-state index contributed by atoms with van der Waals surface area (Å²) in [6.45, 7) is 7.25. The van der Waals surface area contributed by atoms with E-state index in [-0.39, 0.29) is 5.91 Å². The molecule has 9 heteroatoms. The first-order valence-electron chi connectivity index (χ1n) is 11.4. The molecule has 0 aliphatic heterocycles. The minimum atomic E-state index is -2.88. The summed E-state index contributed by atoms with van der Waals surface area (Å²) in [6, 6.07) is 17.3. The third kappa shape index (κ3) is 8.69. The van der Waals surface area contributed by atoms with Crippen molar-refractivity contribution in [3.05, 3.63) is 60.2 Å². The molecule has 0 saturated heterocycles. The Balaban J connectivity index is 2.20. The van der Waals surface area contributed by atoms with E-state index in [1.807, 2.05) is 82.2 Å². The molecule has 2 rings (SSSR count). The molecule has 0 aromatic heterocycles. The monoisotopic (exact) mass is 472 g/mol. The highest BCUT2D eigenvalue weighted by Gasteiger charge is 2.40. The Kier molecular flexibility index (Phi) is 11.2. The molecule has 0 aliphatic carbocycles. The third-order valence-corrected chi connectivity index (χ3v) is 7.92. The summed E-state index contributed by atoms with van der Waals surface area (Å²) < 4.78 is 17.9. The van der Waals surface area contributed by atoms with E-state index in [0.717, 1.165) is 5.69 Å². The molecule has 0 radical (unpaired) electrons. The van der Waals surface area contributed by atoms with E-state index in [1.165, 1.54) is 0 Å². The maximum Gasteiger partial charge on any atom is 0.501 e. The van der Waals surface area contributed by atoms with E-state index >= 15 is 0 Å². The van der Waals surface area contributed by atoms with Crippen molar-refractivity contribution in [1.82, 2.24) is 5.32 Å². The van der Waals surface area contributed by atoms with Crippen molar-refractivity contribution in [1.29, 1.82) is 0 Å². The summed E-state index contributed by atoms with van der Waals surface area (Å²) >= 11 is 0. The molecule has 0 heterocycles. The van der Waals surface area contributed by atoms with Crippen LogP contribution in [0.3, 0.4) is 0 Å². The fourth-order valence-corrected chi connectivity index (χ4v) is 5.88. The van der Waals surface area contributed by atoms with Crippen LogP contribution < -0.4 is 10.2 Å². The molecule has 0 bridgehead atoms. The average molecular weight is 473 g/mol. The quantitative estimate of drug-likeness (QED) is 0.308. The minimum absolute atomic E-state index is 0.209. The second kappa shape index (κ2) is 13.8. The zero-order chi connectivity index (χ0) is 24.1. The standard InChI is InChI=1S/C24H36N4O4Si/c1-6-30-33(31-7-2,32-8-3)19-18-23(25-24(29)20-12-10-9-11-13-20)27-26-21-14-16-22(17-15-21)28(4)5/h9-17,23H,6-8,18-19H2,1-5H3,(H,25,29). The smallest absolute Gasteiger partial charge is 0.378 e. The molecule has 1 N–H and O–H groups in total. The third-order valence-electron chi connectivity index (χ3n) is 4.83. The maximum atomic E-state index is 12.8. The van der Waals surface area contributed by atoms with Crippen LogP contribution >= 0.6 is 0 Å². The lowest BCUT2D eigenvalue weighted by Crippen LogP contribution is -2.47. The molecule has 0 saturated carbocycles. The van der Waals surface area contributed by atoms with Crippen LogP contribution in [0.2, 0.25) is 6.04 Å². The normalized spacial score (nSPS) is 12.6. The molecular formula is C24H36N4O4Si. The Hall–Kier alpha value is -2.59. The van der Waals surface area contributed by atoms with Crippen LogP contribution in [0.15, 0.2) is 64.8 Å². The van der Waals surface area contributed by atoms with Gasteiger partial charge in [0.2, 0.25) is 0 Å². The van der Waals surface area contributed by atoms with E-state index in [4.69, 9.17) is 13.3 Å². The zero-order valence-corrected chi connectivity index (χ0v) is 21.3. The largest absolute Gasteiger partial charge is 0.501 e. The van der Waals surface area contributed by atoms with Gasteiger partial charge in [-0.3, -0.25) is 4.79 Å². The van der Waals surface area contributed by atoms with Crippen molar-refractivity contribution >= 4 is 26.1 Å². The molecular weight excluding hydrogens is 436 g/mol. The first-order chi connectivity index (χ1) is 15.9. The minimum Gasteiger partial charge on any atom is -0.378 e. The lowest BCUT2D eigenvalue weighted by Gasteiger charge is -2.29. The second-order valence-electron chi connectivity index (χ2n) is 7.50. The van der Waals surface area contributed by atoms with Crippen LogP contribution in [0.1, 0.15) is 37.6 Å². The van der Waals surface area contributed by atoms with Crippen molar-refractivity contribution in [2.24, 2.45) is 10.2 Å². The van der Waals surface area contributed by atoms with Gasteiger partial charge in [-0.1, -0.05) is 18.2 Å². The zero-order valence-electron chi connectivity index (χ0n) is 20.3. The van der Waals surface area contributed by atoms with Gasteiger partial charge in [0.15, 0.2) is 0 Å². The number of hydrogen-bond acceptors (Lipinski definition) is 7. The number of azo groups is 1. The van der Waals surface area contributed by atoms with Crippen LogP contribution in [0.25, 0.3) is 0 Å². The first-order valence-corrected chi connectivity index (χ1v) is 13.3. The fourth-order valence-electron chi connectivity index (χ4n) is 3.25. The first kappa shape index (κ1) is 26.7. The summed E-state index contributed by atoms with van der Waals surface area (Å²) in [6.07, 6.45) is -0.0798. The number of amides is 1. The number of nitrogens with one attached hydrogen (secondary N) is 1. The number of rotatable bonds is 14. The Bertz CT molecular complexity index is 846. The molecule has 8 nitrogen and oxygen atoms in total. The summed E-state index contributed by atoms with van der Waals surface area (Å²) in [5.74, 6) is -0.209. The van der Waals surface area contributed by atoms with Crippen LogP contribution in [-0.4, -0.2) is 54.8 Å². The van der Waals surface area contributed by atoms with Crippen LogP contribution in [0.5, 0.6) is 0 Å². The lowest BCUT2D eigenvalue weighted by atomic mass is 10.2. The van der Waals surface area contributed by atoms with E-state index < -0.39 is 15.0 Å². The molecule has 0 aliphatic rings. The van der Waals surface area contributed by atoms with Gasteiger partial charge in [0.1, 0.15) is 6.17 Å². The number of nitrogens with zero attached hydrogens (tertiary/aromatic N) is 3. The second-order valence-corrected chi connectivity index (χ2v) is 10.2. The predicted octanol–water partition coefficient (Wildman–Crippen LogP) is 5.03. The van der Waals surface area contributed by atoms with Gasteiger partial charge < -0.3 is 23.5 Å². The molecule has 2 aromatic rings.